The van der Waals surface area contributed by atoms with Gasteiger partial charge < -0.3 is 4.90 Å². The number of hydrogen-bond acceptors (Lipinski definition) is 1. The molecule has 0 aromatic heterocycles. The molecule has 0 N–H and O–H groups in total. The van der Waals surface area contributed by atoms with Crippen molar-refractivity contribution in [2.75, 3.05) is 39.9 Å². The lowest BCUT2D eigenvalue weighted by Crippen LogP contribution is -2.45. The van der Waals surface area contributed by atoms with E-state index >= 15 is 0 Å². The molecule has 1 heterocycles. The van der Waals surface area contributed by atoms with Crippen LogP contribution in [0.4, 0.5) is 0 Å². The fraction of sp³-hybridized carbons (Fsp3) is 0.875. The van der Waals surface area contributed by atoms with Crippen molar-refractivity contribution < 1.29 is 0 Å². The lowest BCUT2D eigenvalue weighted by atomic mass is 10.3. The van der Waals surface area contributed by atoms with Gasteiger partial charge in [-0.25, -0.2) is 0 Å². The van der Waals surface area contributed by atoms with Crippen LogP contribution in [0, 0.1) is 0 Å². The summed E-state index contributed by atoms with van der Waals surface area (Å²) in [5, 5.41) is 0. The van der Waals surface area contributed by atoms with Crippen molar-refractivity contribution in [2.45, 2.75) is 6.92 Å². The highest BCUT2D eigenvalue weighted by atomic mass is 31.1. The van der Waals surface area contributed by atoms with Crippen molar-refractivity contribution in [3.05, 3.63) is 0 Å². The Bertz CT molecular complexity index is 148. The Kier molecular flexibility index (Phi) is 3.50. The second kappa shape index (κ2) is 4.20. The highest BCUT2D eigenvalue weighted by molar-refractivity contribution is 7.39. The quantitative estimate of drug-likeness (QED) is 0.543. The fourth-order valence-electron chi connectivity index (χ4n) is 1.27. The van der Waals surface area contributed by atoms with Gasteiger partial charge in [0.05, 0.1) is 0 Å². The van der Waals surface area contributed by atoms with Crippen LogP contribution in [-0.4, -0.2) is 55.1 Å². The topological polar surface area (TPSA) is 6.48 Å². The van der Waals surface area contributed by atoms with Crippen molar-refractivity contribution in [2.24, 2.45) is 0 Å². The normalized spacial score (nSPS) is 24.1. The van der Waals surface area contributed by atoms with Crippen LogP contribution in [0.1, 0.15) is 6.92 Å². The van der Waals surface area contributed by atoms with Crippen LogP contribution in [0.5, 0.6) is 0 Å². The summed E-state index contributed by atoms with van der Waals surface area (Å²) >= 11 is 0. The Balaban J connectivity index is 2.39. The minimum absolute atomic E-state index is 1.21. The van der Waals surface area contributed by atoms with Crippen LogP contribution >= 0.6 is 8.20 Å². The molecule has 0 amide bonds. The standard InChI is InChI=1S/C8H17N2P/c1-8(11-3)10-6-4-9(2)5-7-10/h4-7H2,1-3H3. The summed E-state index contributed by atoms with van der Waals surface area (Å²) in [7, 11) is 3.61. The van der Waals surface area contributed by atoms with Gasteiger partial charge in [-0.3, -0.25) is 4.90 Å². The Labute approximate surface area is 71.0 Å². The summed E-state index contributed by atoms with van der Waals surface area (Å²) in [4.78, 5) is 4.87. The van der Waals surface area contributed by atoms with E-state index in [4.69, 9.17) is 0 Å². The summed E-state index contributed by atoms with van der Waals surface area (Å²) < 4.78 is 0. The monoisotopic (exact) mass is 172 g/mol. The minimum Gasteiger partial charge on any atom is -0.304 e. The average Bonchev–Trinajstić information content (AvgIpc) is 2.05. The lowest BCUT2D eigenvalue weighted by molar-refractivity contribution is 0.217. The van der Waals surface area contributed by atoms with E-state index in [1.807, 2.05) is 0 Å². The highest BCUT2D eigenvalue weighted by Crippen LogP contribution is 2.04. The first kappa shape index (κ1) is 9.18. The van der Waals surface area contributed by atoms with E-state index in [-0.39, 0.29) is 0 Å². The molecule has 0 aliphatic carbocycles. The average molecular weight is 172 g/mol. The van der Waals surface area contributed by atoms with Gasteiger partial charge in [0, 0.05) is 31.6 Å². The molecule has 1 aliphatic rings. The molecule has 0 spiro atoms. The molecule has 1 aliphatic heterocycles. The molecule has 0 bridgehead atoms. The number of likely N-dealkylation sites (N-methyl/N-ethyl adjacent to an activating group) is 1. The maximum absolute atomic E-state index is 2.49. The third kappa shape index (κ3) is 2.55. The van der Waals surface area contributed by atoms with E-state index in [1.54, 1.807) is 0 Å². The van der Waals surface area contributed by atoms with Crippen LogP contribution in [-0.2, 0) is 0 Å². The van der Waals surface area contributed by atoms with E-state index < -0.39 is 0 Å². The smallest absolute Gasteiger partial charge is 0.0159 e. The van der Waals surface area contributed by atoms with Crippen LogP contribution in [0.15, 0.2) is 0 Å². The maximum atomic E-state index is 2.49. The summed E-state index contributed by atoms with van der Waals surface area (Å²) in [6.07, 6.45) is 0. The molecular formula is C8H17N2P. The largest absolute Gasteiger partial charge is 0.304 e. The molecule has 0 saturated carbocycles. The van der Waals surface area contributed by atoms with Gasteiger partial charge in [-0.15, -0.1) is 0 Å². The molecule has 1 fully saturated rings. The van der Waals surface area contributed by atoms with Gasteiger partial charge in [-0.1, -0.05) is 8.20 Å². The molecule has 3 heteroatoms. The van der Waals surface area contributed by atoms with Crippen molar-refractivity contribution in [1.29, 1.82) is 0 Å². The van der Waals surface area contributed by atoms with E-state index in [2.05, 4.69) is 30.4 Å². The third-order valence-corrected chi connectivity index (χ3v) is 3.21. The zero-order valence-corrected chi connectivity index (χ0v) is 8.56. The second-order valence-corrected chi connectivity index (χ2v) is 4.16. The summed E-state index contributed by atoms with van der Waals surface area (Å²) in [6.45, 7) is 9.28. The molecule has 0 unspecified atom stereocenters. The first-order chi connectivity index (χ1) is 5.24. The third-order valence-electron chi connectivity index (χ3n) is 2.28. The second-order valence-electron chi connectivity index (χ2n) is 3.06. The molecule has 2 nitrogen and oxygen atoms in total. The number of nitrogens with zero attached hydrogens (tertiary/aromatic N) is 2. The molecule has 0 aromatic rings. The van der Waals surface area contributed by atoms with Crippen molar-refractivity contribution in [3.63, 3.8) is 0 Å². The van der Waals surface area contributed by atoms with Gasteiger partial charge in [-0.05, 0) is 20.6 Å². The van der Waals surface area contributed by atoms with Crippen molar-refractivity contribution >= 4 is 13.6 Å². The zero-order chi connectivity index (χ0) is 8.27. The highest BCUT2D eigenvalue weighted by Gasteiger charge is 2.13. The van der Waals surface area contributed by atoms with Gasteiger partial charge in [0.15, 0.2) is 0 Å². The van der Waals surface area contributed by atoms with E-state index in [0.29, 0.717) is 0 Å². The van der Waals surface area contributed by atoms with Crippen molar-refractivity contribution in [1.82, 2.24) is 9.80 Å². The molecule has 0 atom stereocenters. The number of rotatable bonds is 1. The zero-order valence-electron chi connectivity index (χ0n) is 7.67. The Morgan fingerprint density at radius 2 is 1.73 bits per heavy atom. The molecule has 11 heavy (non-hydrogen) atoms. The van der Waals surface area contributed by atoms with Crippen LogP contribution in [0.2, 0.25) is 0 Å². The molecular weight excluding hydrogens is 155 g/mol. The van der Waals surface area contributed by atoms with Crippen LogP contribution in [0.3, 0.4) is 0 Å². The Hall–Kier alpha value is 0.0900. The molecule has 0 aromatic carbocycles. The Morgan fingerprint density at radius 3 is 2.18 bits per heavy atom. The number of hydrogen-bond donors (Lipinski definition) is 0. The van der Waals surface area contributed by atoms with Gasteiger partial charge >= 0.3 is 0 Å². The van der Waals surface area contributed by atoms with Crippen LogP contribution in [0.25, 0.3) is 0 Å². The van der Waals surface area contributed by atoms with Crippen LogP contribution < -0.4 is 0 Å². The van der Waals surface area contributed by atoms with Gasteiger partial charge in [0.1, 0.15) is 0 Å². The van der Waals surface area contributed by atoms with Crippen molar-refractivity contribution in [3.8, 4) is 0 Å². The minimum atomic E-state index is 1.21. The first-order valence-electron chi connectivity index (χ1n) is 4.11. The molecule has 1 saturated heterocycles. The lowest BCUT2D eigenvalue weighted by Gasteiger charge is -2.32. The summed E-state index contributed by atoms with van der Waals surface area (Å²) in [5.74, 6) is 0. The van der Waals surface area contributed by atoms with E-state index in [1.165, 1.54) is 39.8 Å². The predicted molar refractivity (Wildman–Crippen MR) is 52.6 cm³/mol. The summed E-state index contributed by atoms with van der Waals surface area (Å²) in [6, 6.07) is 0. The Morgan fingerprint density at radius 1 is 1.18 bits per heavy atom. The van der Waals surface area contributed by atoms with E-state index in [0.717, 1.165) is 0 Å². The van der Waals surface area contributed by atoms with Gasteiger partial charge in [0.25, 0.3) is 0 Å². The van der Waals surface area contributed by atoms with E-state index in [9.17, 15) is 0 Å². The SMILES string of the molecule is CP=C(C)N1CCN(C)CC1. The molecule has 1 rings (SSSR count). The summed E-state index contributed by atoms with van der Waals surface area (Å²) in [5.41, 5.74) is 1.51. The molecule has 64 valence electrons. The fourth-order valence-corrected chi connectivity index (χ4v) is 1.75. The predicted octanol–water partition coefficient (Wildman–Crippen LogP) is 0.960. The number of piperazine rings is 1. The van der Waals surface area contributed by atoms with Gasteiger partial charge in [0.2, 0.25) is 0 Å². The first-order valence-corrected chi connectivity index (χ1v) is 5.45. The molecule has 0 radical (unpaired) electrons. The van der Waals surface area contributed by atoms with Gasteiger partial charge in [-0.2, -0.15) is 0 Å². The maximum Gasteiger partial charge on any atom is 0.0159 e.